The molecular formula is C13H12N2O2. The summed E-state index contributed by atoms with van der Waals surface area (Å²) in [6.45, 7) is 1.73. The lowest BCUT2D eigenvalue weighted by atomic mass is 10.1. The van der Waals surface area contributed by atoms with Crippen LogP contribution in [0.5, 0.6) is 5.75 Å². The maximum Gasteiger partial charge on any atom is 0.217 e. The predicted molar refractivity (Wildman–Crippen MR) is 63.3 cm³/mol. The first kappa shape index (κ1) is 12.6. The van der Waals surface area contributed by atoms with Gasteiger partial charge in [-0.1, -0.05) is 11.8 Å². The number of hydrogen-bond donors (Lipinski definition) is 1. The van der Waals surface area contributed by atoms with Gasteiger partial charge < -0.3 is 10.1 Å². The van der Waals surface area contributed by atoms with Gasteiger partial charge >= 0.3 is 0 Å². The number of benzene rings is 1. The van der Waals surface area contributed by atoms with E-state index in [1.807, 2.05) is 6.07 Å². The number of carbonyl (C=O) groups excluding carboxylic acids is 1. The highest BCUT2D eigenvalue weighted by Crippen LogP contribution is 2.17. The molecule has 1 rings (SSSR count). The van der Waals surface area contributed by atoms with Gasteiger partial charge in [0, 0.05) is 12.5 Å². The number of nitriles is 1. The highest BCUT2D eigenvalue weighted by Gasteiger charge is 2.01. The van der Waals surface area contributed by atoms with Crippen LogP contribution < -0.4 is 10.1 Å². The molecule has 0 aromatic heterocycles. The fourth-order valence-corrected chi connectivity index (χ4v) is 1.19. The number of nitrogens with one attached hydrogen (secondary N) is 1. The van der Waals surface area contributed by atoms with E-state index >= 15 is 0 Å². The third-order valence-electron chi connectivity index (χ3n) is 1.98. The second-order valence-corrected chi connectivity index (χ2v) is 3.24. The Bertz CT molecular complexity index is 518. The third kappa shape index (κ3) is 3.89. The van der Waals surface area contributed by atoms with Gasteiger partial charge in [0.1, 0.15) is 11.8 Å². The van der Waals surface area contributed by atoms with Gasteiger partial charge in [-0.15, -0.1) is 0 Å². The lowest BCUT2D eigenvalue weighted by Gasteiger charge is -2.01. The van der Waals surface area contributed by atoms with E-state index in [0.717, 1.165) is 0 Å². The zero-order valence-corrected chi connectivity index (χ0v) is 9.70. The molecule has 0 aliphatic carbocycles. The first-order valence-electron chi connectivity index (χ1n) is 4.99. The van der Waals surface area contributed by atoms with E-state index in [0.29, 0.717) is 23.4 Å². The SMILES string of the molecule is COc1ccc(C#CCNC(C)=O)cc1C#N. The highest BCUT2D eigenvalue weighted by molar-refractivity contribution is 5.73. The van der Waals surface area contributed by atoms with Crippen molar-refractivity contribution in [2.75, 3.05) is 13.7 Å². The van der Waals surface area contributed by atoms with Gasteiger partial charge in [0.15, 0.2) is 0 Å². The van der Waals surface area contributed by atoms with Crippen LogP contribution in [0.1, 0.15) is 18.1 Å². The van der Waals surface area contributed by atoms with Crippen molar-refractivity contribution >= 4 is 5.91 Å². The van der Waals surface area contributed by atoms with Crippen molar-refractivity contribution in [3.63, 3.8) is 0 Å². The van der Waals surface area contributed by atoms with E-state index in [4.69, 9.17) is 10.00 Å². The molecule has 17 heavy (non-hydrogen) atoms. The third-order valence-corrected chi connectivity index (χ3v) is 1.98. The van der Waals surface area contributed by atoms with Crippen molar-refractivity contribution in [2.24, 2.45) is 0 Å². The Labute approximate surface area is 100 Å². The molecule has 0 radical (unpaired) electrons. The van der Waals surface area contributed by atoms with Gasteiger partial charge in [0.2, 0.25) is 5.91 Å². The number of amides is 1. The first-order valence-corrected chi connectivity index (χ1v) is 4.99. The van der Waals surface area contributed by atoms with E-state index in [9.17, 15) is 4.79 Å². The molecule has 0 atom stereocenters. The summed E-state index contributed by atoms with van der Waals surface area (Å²) in [4.78, 5) is 10.6. The van der Waals surface area contributed by atoms with Crippen LogP contribution >= 0.6 is 0 Å². The molecule has 0 saturated heterocycles. The molecule has 0 aliphatic rings. The monoisotopic (exact) mass is 228 g/mol. The summed E-state index contributed by atoms with van der Waals surface area (Å²) in [6.07, 6.45) is 0. The topological polar surface area (TPSA) is 62.1 Å². The van der Waals surface area contributed by atoms with Crippen molar-refractivity contribution in [1.82, 2.24) is 5.32 Å². The van der Waals surface area contributed by atoms with E-state index < -0.39 is 0 Å². The molecule has 0 aliphatic heterocycles. The van der Waals surface area contributed by atoms with Gasteiger partial charge in [0.05, 0.1) is 19.2 Å². The Morgan fingerprint density at radius 1 is 1.53 bits per heavy atom. The number of hydrogen-bond acceptors (Lipinski definition) is 3. The van der Waals surface area contributed by atoms with Gasteiger partial charge in [-0.25, -0.2) is 0 Å². The largest absolute Gasteiger partial charge is 0.495 e. The second-order valence-electron chi connectivity index (χ2n) is 3.24. The Morgan fingerprint density at radius 3 is 2.88 bits per heavy atom. The summed E-state index contributed by atoms with van der Waals surface area (Å²) in [5.74, 6) is 6.05. The van der Waals surface area contributed by atoms with Crippen molar-refractivity contribution in [3.8, 4) is 23.7 Å². The Morgan fingerprint density at radius 2 is 2.29 bits per heavy atom. The van der Waals surface area contributed by atoms with E-state index in [1.165, 1.54) is 14.0 Å². The lowest BCUT2D eigenvalue weighted by Crippen LogP contribution is -2.19. The number of ether oxygens (including phenoxy) is 1. The lowest BCUT2D eigenvalue weighted by molar-refractivity contribution is -0.118. The van der Waals surface area contributed by atoms with E-state index in [1.54, 1.807) is 18.2 Å². The minimum Gasteiger partial charge on any atom is -0.495 e. The van der Waals surface area contributed by atoms with Crippen molar-refractivity contribution < 1.29 is 9.53 Å². The minimum absolute atomic E-state index is 0.119. The quantitative estimate of drug-likeness (QED) is 0.770. The summed E-state index contributed by atoms with van der Waals surface area (Å²) >= 11 is 0. The van der Waals surface area contributed by atoms with Gasteiger partial charge in [-0.2, -0.15) is 5.26 Å². The summed E-state index contributed by atoms with van der Waals surface area (Å²) in [7, 11) is 1.51. The Kier molecular flexibility index (Phi) is 4.59. The van der Waals surface area contributed by atoms with E-state index in [2.05, 4.69) is 17.2 Å². The predicted octanol–water partition coefficient (Wildman–Crippen LogP) is 1.05. The van der Waals surface area contributed by atoms with Crippen molar-refractivity contribution in [1.29, 1.82) is 5.26 Å². The average Bonchev–Trinajstić information content (AvgIpc) is 2.34. The fraction of sp³-hybridized carbons (Fsp3) is 0.231. The van der Waals surface area contributed by atoms with Crippen LogP contribution in [0.3, 0.4) is 0 Å². The van der Waals surface area contributed by atoms with Crippen molar-refractivity contribution in [3.05, 3.63) is 29.3 Å². The van der Waals surface area contributed by atoms with Crippen LogP contribution in [0.2, 0.25) is 0 Å². The molecule has 4 heteroatoms. The number of rotatable bonds is 2. The summed E-state index contributed by atoms with van der Waals surface area (Å²) < 4.78 is 5.02. The molecule has 0 spiro atoms. The first-order chi connectivity index (χ1) is 8.17. The molecule has 0 heterocycles. The molecule has 0 unspecified atom stereocenters. The van der Waals surface area contributed by atoms with Gasteiger partial charge in [-0.05, 0) is 18.2 Å². The van der Waals surface area contributed by atoms with Crippen LogP contribution in [-0.2, 0) is 4.79 Å². The molecule has 86 valence electrons. The molecule has 0 fully saturated rings. The standard InChI is InChI=1S/C13H12N2O2/c1-10(16)15-7-3-4-11-5-6-13(17-2)12(8-11)9-14/h5-6,8H,7H2,1-2H3,(H,15,16). The minimum atomic E-state index is -0.119. The van der Waals surface area contributed by atoms with Crippen LogP contribution in [0.15, 0.2) is 18.2 Å². The molecule has 4 nitrogen and oxygen atoms in total. The summed E-state index contributed by atoms with van der Waals surface area (Å²) in [5, 5.41) is 11.4. The molecule has 1 aromatic rings. The molecule has 1 N–H and O–H groups in total. The van der Waals surface area contributed by atoms with Crippen LogP contribution in [0.25, 0.3) is 0 Å². The maximum atomic E-state index is 10.6. The van der Waals surface area contributed by atoms with Gasteiger partial charge in [0.25, 0.3) is 0 Å². The molecule has 1 amide bonds. The second kappa shape index (κ2) is 6.19. The maximum absolute atomic E-state index is 10.6. The zero-order chi connectivity index (χ0) is 12.7. The molecule has 1 aromatic carbocycles. The van der Waals surface area contributed by atoms with Crippen LogP contribution in [0.4, 0.5) is 0 Å². The highest BCUT2D eigenvalue weighted by atomic mass is 16.5. The average molecular weight is 228 g/mol. The molecule has 0 saturated carbocycles. The summed E-state index contributed by atoms with van der Waals surface area (Å²) in [6, 6.07) is 7.15. The summed E-state index contributed by atoms with van der Waals surface area (Å²) in [5.41, 5.74) is 1.16. The Hall–Kier alpha value is -2.46. The fourth-order valence-electron chi connectivity index (χ4n) is 1.19. The number of carbonyl (C=O) groups is 1. The Balaban J connectivity index is 2.79. The van der Waals surface area contributed by atoms with Crippen LogP contribution in [0, 0.1) is 23.2 Å². The zero-order valence-electron chi connectivity index (χ0n) is 9.70. The molecular weight excluding hydrogens is 216 g/mol. The van der Waals surface area contributed by atoms with Crippen molar-refractivity contribution in [2.45, 2.75) is 6.92 Å². The number of nitrogens with zero attached hydrogens (tertiary/aromatic N) is 1. The van der Waals surface area contributed by atoms with Gasteiger partial charge in [-0.3, -0.25) is 4.79 Å². The van der Waals surface area contributed by atoms with E-state index in [-0.39, 0.29) is 5.91 Å². The number of methoxy groups -OCH3 is 1. The normalized spacial score (nSPS) is 8.53. The molecule has 0 bridgehead atoms. The van der Waals surface area contributed by atoms with Crippen LogP contribution in [-0.4, -0.2) is 19.6 Å². The smallest absolute Gasteiger partial charge is 0.217 e.